The van der Waals surface area contributed by atoms with Crippen molar-refractivity contribution in [3.63, 3.8) is 0 Å². The minimum Gasteiger partial charge on any atom is -0.481 e. The van der Waals surface area contributed by atoms with Gasteiger partial charge in [0.25, 0.3) is 0 Å². The van der Waals surface area contributed by atoms with Crippen LogP contribution in [0.5, 0.6) is 5.88 Å². The molecule has 0 radical (unpaired) electrons. The first kappa shape index (κ1) is 12.4. The maximum atomic E-state index is 11.0. The highest BCUT2D eigenvalue weighted by atomic mass is 16.5. The normalized spacial score (nSPS) is 9.88. The minimum absolute atomic E-state index is 0.187. The van der Waals surface area contributed by atoms with E-state index in [1.54, 1.807) is 20.1 Å². The van der Waals surface area contributed by atoms with E-state index in [0.29, 0.717) is 19.0 Å². The summed E-state index contributed by atoms with van der Waals surface area (Å²) in [6.07, 6.45) is 0. The highest BCUT2D eigenvalue weighted by molar-refractivity contribution is 5.71. The number of esters is 1. The van der Waals surface area contributed by atoms with Crippen LogP contribution in [-0.2, 0) is 16.1 Å². The molecule has 1 N–H and O–H groups in total. The predicted octanol–water partition coefficient (Wildman–Crippen LogP) is 0.743. The Morgan fingerprint density at radius 2 is 2.31 bits per heavy atom. The largest absolute Gasteiger partial charge is 0.481 e. The molecule has 0 atom stereocenters. The minimum atomic E-state index is -0.259. The van der Waals surface area contributed by atoms with Gasteiger partial charge in [0, 0.05) is 12.6 Å². The highest BCUT2D eigenvalue weighted by Gasteiger charge is 2.01. The Morgan fingerprint density at radius 3 is 3.00 bits per heavy atom. The van der Waals surface area contributed by atoms with Crippen molar-refractivity contribution in [2.45, 2.75) is 13.5 Å². The molecule has 5 nitrogen and oxygen atoms in total. The van der Waals surface area contributed by atoms with Gasteiger partial charge in [-0.25, -0.2) is 4.98 Å². The molecule has 5 heteroatoms. The monoisotopic (exact) mass is 224 g/mol. The van der Waals surface area contributed by atoms with Gasteiger partial charge in [0.1, 0.15) is 0 Å². The first-order valence-electron chi connectivity index (χ1n) is 5.12. The lowest BCUT2D eigenvalue weighted by molar-refractivity contribution is -0.142. The smallest absolute Gasteiger partial charge is 0.319 e. The summed E-state index contributed by atoms with van der Waals surface area (Å²) in [5.74, 6) is 0.306. The lowest BCUT2D eigenvalue weighted by Crippen LogP contribution is -2.24. The number of rotatable bonds is 6. The molecule has 0 saturated heterocycles. The van der Waals surface area contributed by atoms with E-state index in [1.807, 2.05) is 12.1 Å². The number of nitrogens with zero attached hydrogens (tertiary/aromatic N) is 1. The third kappa shape index (κ3) is 4.27. The summed E-state index contributed by atoms with van der Waals surface area (Å²) >= 11 is 0. The molecule has 88 valence electrons. The Labute approximate surface area is 94.8 Å². The van der Waals surface area contributed by atoms with Crippen LogP contribution < -0.4 is 10.1 Å². The number of pyridine rings is 1. The first-order chi connectivity index (χ1) is 7.76. The van der Waals surface area contributed by atoms with Crippen molar-refractivity contribution < 1.29 is 14.3 Å². The molecule has 1 heterocycles. The fourth-order valence-electron chi connectivity index (χ4n) is 1.17. The molecule has 0 unspecified atom stereocenters. The van der Waals surface area contributed by atoms with E-state index in [4.69, 9.17) is 9.47 Å². The summed E-state index contributed by atoms with van der Waals surface area (Å²) in [6.45, 7) is 2.88. The molecule has 0 fully saturated rings. The summed E-state index contributed by atoms with van der Waals surface area (Å²) in [5.41, 5.74) is 0.823. The third-order valence-electron chi connectivity index (χ3n) is 1.87. The van der Waals surface area contributed by atoms with E-state index in [0.717, 1.165) is 5.69 Å². The molecular formula is C11H16N2O3. The molecule has 1 rings (SSSR count). The highest BCUT2D eigenvalue weighted by Crippen LogP contribution is 2.05. The van der Waals surface area contributed by atoms with E-state index < -0.39 is 0 Å². The van der Waals surface area contributed by atoms with Crippen LogP contribution in [0, 0.1) is 0 Å². The zero-order chi connectivity index (χ0) is 11.8. The second-order valence-electron chi connectivity index (χ2n) is 3.08. The number of ether oxygens (including phenoxy) is 2. The van der Waals surface area contributed by atoms with Gasteiger partial charge < -0.3 is 14.8 Å². The van der Waals surface area contributed by atoms with Crippen molar-refractivity contribution in [2.75, 3.05) is 20.3 Å². The molecule has 1 aromatic rings. The zero-order valence-electron chi connectivity index (χ0n) is 9.53. The Bertz CT molecular complexity index is 342. The van der Waals surface area contributed by atoms with Crippen molar-refractivity contribution in [1.82, 2.24) is 10.3 Å². The summed E-state index contributed by atoms with van der Waals surface area (Å²) in [4.78, 5) is 15.2. The van der Waals surface area contributed by atoms with Gasteiger partial charge in [-0.1, -0.05) is 6.07 Å². The Kier molecular flexibility index (Phi) is 5.28. The van der Waals surface area contributed by atoms with E-state index in [9.17, 15) is 4.79 Å². The van der Waals surface area contributed by atoms with Gasteiger partial charge in [0.05, 0.1) is 26.0 Å². The average Bonchev–Trinajstić information content (AvgIpc) is 2.30. The number of methoxy groups -OCH3 is 1. The van der Waals surface area contributed by atoms with Crippen LogP contribution in [0.3, 0.4) is 0 Å². The second kappa shape index (κ2) is 6.79. The lowest BCUT2D eigenvalue weighted by atomic mass is 10.3. The van der Waals surface area contributed by atoms with Gasteiger partial charge >= 0.3 is 5.97 Å². The Morgan fingerprint density at radius 1 is 1.50 bits per heavy atom. The number of nitrogens with one attached hydrogen (secondary N) is 1. The number of hydrogen-bond donors (Lipinski definition) is 1. The number of carbonyl (C=O) groups is 1. The zero-order valence-corrected chi connectivity index (χ0v) is 9.53. The SMILES string of the molecule is CCOC(=O)CNCc1cccc(OC)n1. The number of hydrogen-bond acceptors (Lipinski definition) is 5. The molecule has 1 aromatic heterocycles. The third-order valence-corrected chi connectivity index (χ3v) is 1.87. The summed E-state index contributed by atoms with van der Waals surface area (Å²) in [7, 11) is 1.57. The lowest BCUT2D eigenvalue weighted by Gasteiger charge is -2.05. The van der Waals surface area contributed by atoms with Crippen LogP contribution in [0.25, 0.3) is 0 Å². The van der Waals surface area contributed by atoms with E-state index in [1.165, 1.54) is 0 Å². The molecule has 0 amide bonds. The molecule has 0 aliphatic rings. The summed E-state index contributed by atoms with van der Waals surface area (Å²) in [5, 5.41) is 2.94. The van der Waals surface area contributed by atoms with E-state index >= 15 is 0 Å². The van der Waals surface area contributed by atoms with Gasteiger partial charge in [-0.05, 0) is 13.0 Å². The van der Waals surface area contributed by atoms with Crippen molar-refractivity contribution in [3.05, 3.63) is 23.9 Å². The predicted molar refractivity (Wildman–Crippen MR) is 59.1 cm³/mol. The summed E-state index contributed by atoms with van der Waals surface area (Å²) in [6, 6.07) is 5.49. The van der Waals surface area contributed by atoms with Crippen LogP contribution in [-0.4, -0.2) is 31.2 Å². The quantitative estimate of drug-likeness (QED) is 0.722. The van der Waals surface area contributed by atoms with Gasteiger partial charge in [0.2, 0.25) is 5.88 Å². The average molecular weight is 224 g/mol. The molecular weight excluding hydrogens is 208 g/mol. The number of carbonyl (C=O) groups excluding carboxylic acids is 1. The second-order valence-corrected chi connectivity index (χ2v) is 3.08. The molecule has 16 heavy (non-hydrogen) atoms. The maximum Gasteiger partial charge on any atom is 0.319 e. The van der Waals surface area contributed by atoms with Crippen LogP contribution in [0.2, 0.25) is 0 Å². The van der Waals surface area contributed by atoms with Crippen LogP contribution in [0.1, 0.15) is 12.6 Å². The van der Waals surface area contributed by atoms with Gasteiger partial charge in [-0.3, -0.25) is 4.79 Å². The molecule has 0 spiro atoms. The van der Waals surface area contributed by atoms with Crippen LogP contribution >= 0.6 is 0 Å². The molecule has 0 saturated carbocycles. The van der Waals surface area contributed by atoms with E-state index in [2.05, 4.69) is 10.3 Å². The van der Waals surface area contributed by atoms with Crippen molar-refractivity contribution in [2.24, 2.45) is 0 Å². The van der Waals surface area contributed by atoms with Crippen LogP contribution in [0.4, 0.5) is 0 Å². The van der Waals surface area contributed by atoms with E-state index in [-0.39, 0.29) is 12.5 Å². The Balaban J connectivity index is 2.34. The number of aromatic nitrogens is 1. The van der Waals surface area contributed by atoms with Gasteiger partial charge in [0.15, 0.2) is 0 Å². The fourth-order valence-corrected chi connectivity index (χ4v) is 1.17. The van der Waals surface area contributed by atoms with Gasteiger partial charge in [-0.15, -0.1) is 0 Å². The topological polar surface area (TPSA) is 60.5 Å². The Hall–Kier alpha value is -1.62. The van der Waals surface area contributed by atoms with Gasteiger partial charge in [-0.2, -0.15) is 0 Å². The van der Waals surface area contributed by atoms with Crippen LogP contribution in [0.15, 0.2) is 18.2 Å². The van der Waals surface area contributed by atoms with Crippen molar-refractivity contribution in [1.29, 1.82) is 0 Å². The van der Waals surface area contributed by atoms with Crippen molar-refractivity contribution in [3.8, 4) is 5.88 Å². The first-order valence-corrected chi connectivity index (χ1v) is 5.12. The molecule has 0 aromatic carbocycles. The van der Waals surface area contributed by atoms with Crippen molar-refractivity contribution >= 4 is 5.97 Å². The maximum absolute atomic E-state index is 11.0. The molecule has 0 aliphatic carbocycles. The molecule has 0 bridgehead atoms. The summed E-state index contributed by atoms with van der Waals surface area (Å²) < 4.78 is 9.77. The fraction of sp³-hybridized carbons (Fsp3) is 0.455. The standard InChI is InChI=1S/C11H16N2O3/c1-3-16-11(14)8-12-7-9-5-4-6-10(13-9)15-2/h4-6,12H,3,7-8H2,1-2H3. The molecule has 0 aliphatic heterocycles.